The summed E-state index contributed by atoms with van der Waals surface area (Å²) in [7, 11) is 1.35. The Kier molecular flexibility index (Phi) is 6.32. The lowest BCUT2D eigenvalue weighted by Gasteiger charge is -2.42. The number of carbonyl (C=O) groups excluding carboxylic acids is 1. The van der Waals surface area contributed by atoms with E-state index in [9.17, 15) is 9.59 Å². The number of piperazine rings is 1. The van der Waals surface area contributed by atoms with Crippen LogP contribution in [0.2, 0.25) is 10.0 Å². The molecule has 2 rings (SSSR count). The second-order valence-corrected chi connectivity index (χ2v) is 6.62. The molecule has 1 saturated heterocycles. The number of nitrogens with zero attached hydrogens (tertiary/aromatic N) is 2. The van der Waals surface area contributed by atoms with Crippen molar-refractivity contribution in [2.45, 2.75) is 25.4 Å². The van der Waals surface area contributed by atoms with Gasteiger partial charge in [-0.2, -0.15) is 0 Å². The van der Waals surface area contributed by atoms with Gasteiger partial charge in [-0.25, -0.2) is 4.79 Å². The van der Waals surface area contributed by atoms with Crippen molar-refractivity contribution in [3.8, 4) is 0 Å². The van der Waals surface area contributed by atoms with E-state index in [-0.39, 0.29) is 12.0 Å². The molecule has 0 bridgehead atoms. The van der Waals surface area contributed by atoms with Crippen molar-refractivity contribution in [3.05, 3.63) is 33.8 Å². The van der Waals surface area contributed by atoms with E-state index in [0.717, 1.165) is 5.56 Å². The highest BCUT2D eigenvalue weighted by atomic mass is 35.5. The molecular formula is C16H20Cl2N2O4. The number of halogens is 2. The predicted molar refractivity (Wildman–Crippen MR) is 91.7 cm³/mol. The molecule has 0 saturated carbocycles. The van der Waals surface area contributed by atoms with E-state index in [2.05, 4.69) is 0 Å². The molecule has 1 aromatic rings. The van der Waals surface area contributed by atoms with Gasteiger partial charge in [-0.05, 0) is 31.0 Å². The Morgan fingerprint density at radius 1 is 1.33 bits per heavy atom. The number of esters is 1. The second kappa shape index (κ2) is 8.05. The Morgan fingerprint density at radius 2 is 2.04 bits per heavy atom. The molecule has 24 heavy (non-hydrogen) atoms. The summed E-state index contributed by atoms with van der Waals surface area (Å²) in [4.78, 5) is 26.7. The van der Waals surface area contributed by atoms with Gasteiger partial charge in [-0.1, -0.05) is 29.3 Å². The molecule has 1 amide bonds. The van der Waals surface area contributed by atoms with Crippen molar-refractivity contribution >= 4 is 35.3 Å². The molecule has 1 aliphatic rings. The topological polar surface area (TPSA) is 70.1 Å². The van der Waals surface area contributed by atoms with Gasteiger partial charge < -0.3 is 14.7 Å². The molecule has 1 heterocycles. The first-order valence-corrected chi connectivity index (χ1v) is 8.34. The molecule has 1 N–H and O–H groups in total. The maximum Gasteiger partial charge on any atom is 0.407 e. The summed E-state index contributed by atoms with van der Waals surface area (Å²) in [5, 5.41) is 10.0. The molecule has 6 nitrogen and oxygen atoms in total. The molecule has 1 aromatic carbocycles. The first-order valence-electron chi connectivity index (χ1n) is 7.58. The third kappa shape index (κ3) is 4.32. The van der Waals surface area contributed by atoms with Gasteiger partial charge in [0.1, 0.15) is 6.04 Å². The van der Waals surface area contributed by atoms with E-state index in [1.54, 1.807) is 12.1 Å². The third-order valence-electron chi connectivity index (χ3n) is 4.24. The highest BCUT2D eigenvalue weighted by molar-refractivity contribution is 6.42. The molecule has 0 radical (unpaired) electrons. The normalized spacial score (nSPS) is 19.8. The summed E-state index contributed by atoms with van der Waals surface area (Å²) in [6, 6.07) is 4.65. The zero-order chi connectivity index (χ0) is 17.9. The van der Waals surface area contributed by atoms with Gasteiger partial charge in [0, 0.05) is 25.7 Å². The molecule has 132 valence electrons. The smallest absolute Gasteiger partial charge is 0.407 e. The molecule has 1 unspecified atom stereocenters. The first kappa shape index (κ1) is 18.8. The fourth-order valence-electron chi connectivity index (χ4n) is 2.97. The maximum absolute atomic E-state index is 12.3. The Labute approximate surface area is 150 Å². The Hall–Kier alpha value is -1.50. The number of ether oxygens (including phenoxy) is 1. The molecule has 0 aromatic heterocycles. The number of carboxylic acid groups (broad SMARTS) is 1. The van der Waals surface area contributed by atoms with Crippen LogP contribution in [0.25, 0.3) is 0 Å². The molecule has 1 aliphatic heterocycles. The van der Waals surface area contributed by atoms with Gasteiger partial charge in [0.25, 0.3) is 0 Å². The highest BCUT2D eigenvalue weighted by Gasteiger charge is 2.35. The van der Waals surface area contributed by atoms with Crippen molar-refractivity contribution < 1.29 is 19.4 Å². The van der Waals surface area contributed by atoms with E-state index in [1.165, 1.54) is 12.0 Å². The molecule has 0 aliphatic carbocycles. The number of methoxy groups -OCH3 is 1. The van der Waals surface area contributed by atoms with Crippen molar-refractivity contribution in [1.29, 1.82) is 0 Å². The Balaban J connectivity index is 2.18. The third-order valence-corrected chi connectivity index (χ3v) is 4.98. The number of hydrogen-bond donors (Lipinski definition) is 1. The van der Waals surface area contributed by atoms with E-state index >= 15 is 0 Å². The fraction of sp³-hybridized carbons (Fsp3) is 0.500. The van der Waals surface area contributed by atoms with Crippen LogP contribution in [0.5, 0.6) is 0 Å². The molecule has 8 heteroatoms. The fourth-order valence-corrected chi connectivity index (χ4v) is 3.29. The predicted octanol–water partition coefficient (Wildman–Crippen LogP) is 2.76. The summed E-state index contributed by atoms with van der Waals surface area (Å²) in [6.07, 6.45) is -0.526. The average molecular weight is 375 g/mol. The molecular weight excluding hydrogens is 355 g/mol. The van der Waals surface area contributed by atoms with Gasteiger partial charge in [0.2, 0.25) is 0 Å². The van der Waals surface area contributed by atoms with Crippen LogP contribution in [-0.2, 0) is 16.0 Å². The van der Waals surface area contributed by atoms with Crippen LogP contribution < -0.4 is 0 Å². The standard InChI is InChI=1S/C16H20Cl2N2O4/c1-10-9-19(16(22)23)5-6-20(10)14(15(21)24-2)8-11-3-4-12(17)13(18)7-11/h3-4,7,10,14H,5-6,8-9H2,1-2H3,(H,22,23)/t10-,14?/m1/s1. The van der Waals surface area contributed by atoms with Crippen LogP contribution in [0, 0.1) is 0 Å². The van der Waals surface area contributed by atoms with Crippen molar-refractivity contribution in [3.63, 3.8) is 0 Å². The number of benzene rings is 1. The Morgan fingerprint density at radius 3 is 2.58 bits per heavy atom. The molecule has 0 spiro atoms. The van der Waals surface area contributed by atoms with E-state index in [4.69, 9.17) is 33.0 Å². The van der Waals surface area contributed by atoms with Crippen LogP contribution in [0.1, 0.15) is 12.5 Å². The van der Waals surface area contributed by atoms with Crippen molar-refractivity contribution in [2.24, 2.45) is 0 Å². The quantitative estimate of drug-likeness (QED) is 0.820. The second-order valence-electron chi connectivity index (χ2n) is 5.81. The van der Waals surface area contributed by atoms with Gasteiger partial charge in [-0.3, -0.25) is 9.69 Å². The van der Waals surface area contributed by atoms with Crippen LogP contribution in [0.3, 0.4) is 0 Å². The lowest BCUT2D eigenvalue weighted by atomic mass is 10.0. The monoisotopic (exact) mass is 374 g/mol. The first-order chi connectivity index (χ1) is 11.3. The summed E-state index contributed by atoms with van der Waals surface area (Å²) >= 11 is 12.0. The number of carbonyl (C=O) groups is 2. The van der Waals surface area contributed by atoms with Gasteiger partial charge in [-0.15, -0.1) is 0 Å². The van der Waals surface area contributed by atoms with E-state index in [0.29, 0.717) is 36.1 Å². The minimum Gasteiger partial charge on any atom is -0.468 e. The summed E-state index contributed by atoms with van der Waals surface area (Å²) in [6.45, 7) is 3.08. The number of rotatable bonds is 4. The zero-order valence-electron chi connectivity index (χ0n) is 13.5. The van der Waals surface area contributed by atoms with Crippen molar-refractivity contribution in [1.82, 2.24) is 9.80 Å². The van der Waals surface area contributed by atoms with Crippen LogP contribution >= 0.6 is 23.2 Å². The molecule has 2 atom stereocenters. The Bertz CT molecular complexity index is 626. The van der Waals surface area contributed by atoms with Crippen LogP contribution in [-0.4, -0.2) is 65.8 Å². The van der Waals surface area contributed by atoms with Gasteiger partial charge in [0.15, 0.2) is 0 Å². The van der Waals surface area contributed by atoms with Crippen LogP contribution in [0.4, 0.5) is 4.79 Å². The maximum atomic E-state index is 12.3. The SMILES string of the molecule is COC(=O)C(Cc1ccc(Cl)c(Cl)c1)N1CCN(C(=O)O)C[C@H]1C. The highest BCUT2D eigenvalue weighted by Crippen LogP contribution is 2.25. The summed E-state index contributed by atoms with van der Waals surface area (Å²) in [5.74, 6) is -0.350. The number of hydrogen-bond acceptors (Lipinski definition) is 4. The van der Waals surface area contributed by atoms with E-state index < -0.39 is 12.1 Å². The number of amides is 1. The lowest BCUT2D eigenvalue weighted by Crippen LogP contribution is -2.59. The minimum atomic E-state index is -0.944. The minimum absolute atomic E-state index is 0.0956. The van der Waals surface area contributed by atoms with Crippen LogP contribution in [0.15, 0.2) is 18.2 Å². The lowest BCUT2D eigenvalue weighted by molar-refractivity contribution is -0.148. The largest absolute Gasteiger partial charge is 0.468 e. The van der Waals surface area contributed by atoms with Gasteiger partial charge in [0.05, 0.1) is 17.2 Å². The average Bonchev–Trinajstić information content (AvgIpc) is 2.55. The zero-order valence-corrected chi connectivity index (χ0v) is 15.0. The molecule has 1 fully saturated rings. The van der Waals surface area contributed by atoms with E-state index in [1.807, 2.05) is 17.9 Å². The van der Waals surface area contributed by atoms with Crippen molar-refractivity contribution in [2.75, 3.05) is 26.7 Å². The van der Waals surface area contributed by atoms with Gasteiger partial charge >= 0.3 is 12.1 Å². The summed E-state index contributed by atoms with van der Waals surface area (Å²) < 4.78 is 4.94. The summed E-state index contributed by atoms with van der Waals surface area (Å²) in [5.41, 5.74) is 0.868.